The number of amides is 1. The van der Waals surface area contributed by atoms with E-state index in [4.69, 9.17) is 0 Å². The Morgan fingerprint density at radius 1 is 1.20 bits per heavy atom. The fourth-order valence-electron chi connectivity index (χ4n) is 2.26. The second-order valence-electron chi connectivity index (χ2n) is 4.97. The molecule has 1 rings (SSSR count). The molecule has 0 spiro atoms. The third-order valence-corrected chi connectivity index (χ3v) is 4.79. The molecule has 0 aromatic heterocycles. The fraction of sp³-hybridized carbons (Fsp3) is 0.500. The second kappa shape index (κ2) is 6.37. The molecule has 0 saturated heterocycles. The Morgan fingerprint density at radius 3 is 2.15 bits per heavy atom. The lowest BCUT2D eigenvalue weighted by Crippen LogP contribution is -2.44. The van der Waals surface area contributed by atoms with Crippen molar-refractivity contribution in [2.75, 3.05) is 6.54 Å². The largest absolute Gasteiger partial charge is 0.355 e. The van der Waals surface area contributed by atoms with Gasteiger partial charge in [-0.15, -0.1) is 0 Å². The molecule has 0 bridgehead atoms. The summed E-state index contributed by atoms with van der Waals surface area (Å²) in [6.45, 7) is 9.21. The van der Waals surface area contributed by atoms with Crippen LogP contribution in [0, 0.1) is 20.8 Å². The molecule has 1 atom stereocenters. The monoisotopic (exact) mass is 298 g/mol. The molecule has 2 N–H and O–H groups in total. The van der Waals surface area contributed by atoms with Gasteiger partial charge < -0.3 is 5.32 Å². The van der Waals surface area contributed by atoms with E-state index >= 15 is 0 Å². The molecule has 0 radical (unpaired) electrons. The number of sulfonamides is 1. The Balaban J connectivity index is 3.10. The van der Waals surface area contributed by atoms with Gasteiger partial charge in [-0.25, -0.2) is 8.42 Å². The molecule has 5 nitrogen and oxygen atoms in total. The number of aryl methyl sites for hydroxylation is 3. The van der Waals surface area contributed by atoms with Crippen molar-refractivity contribution >= 4 is 15.9 Å². The van der Waals surface area contributed by atoms with Crippen LogP contribution in [0.15, 0.2) is 17.0 Å². The number of carbonyl (C=O) groups is 1. The van der Waals surface area contributed by atoms with Crippen LogP contribution in [0.4, 0.5) is 0 Å². The first-order valence-electron chi connectivity index (χ1n) is 6.57. The molecule has 0 aliphatic heterocycles. The summed E-state index contributed by atoms with van der Waals surface area (Å²) >= 11 is 0. The highest BCUT2D eigenvalue weighted by Gasteiger charge is 2.24. The van der Waals surface area contributed by atoms with Crippen molar-refractivity contribution in [2.24, 2.45) is 0 Å². The maximum absolute atomic E-state index is 12.4. The predicted molar refractivity (Wildman–Crippen MR) is 79.1 cm³/mol. The summed E-state index contributed by atoms with van der Waals surface area (Å²) in [5.74, 6) is -0.335. The van der Waals surface area contributed by atoms with Gasteiger partial charge in [0.1, 0.15) is 0 Å². The minimum absolute atomic E-state index is 0.249. The summed E-state index contributed by atoms with van der Waals surface area (Å²) in [7, 11) is -3.71. The molecule has 0 saturated carbocycles. The second-order valence-corrected chi connectivity index (χ2v) is 6.62. The molecular formula is C14H22N2O3S. The maximum Gasteiger partial charge on any atom is 0.241 e. The van der Waals surface area contributed by atoms with Gasteiger partial charge in [0.2, 0.25) is 15.9 Å². The normalized spacial score (nSPS) is 13.1. The topological polar surface area (TPSA) is 75.3 Å². The standard InChI is InChI=1S/C14H22N2O3S/c1-6-15-14(17)12(5)16-20(18,19)13-10(3)7-9(2)8-11(13)4/h7-8,12,16H,6H2,1-5H3,(H,15,17)/t12-/m1/s1. The lowest BCUT2D eigenvalue weighted by Gasteiger charge is -2.17. The number of nitrogens with one attached hydrogen (secondary N) is 2. The first-order chi connectivity index (χ1) is 9.19. The molecule has 20 heavy (non-hydrogen) atoms. The van der Waals surface area contributed by atoms with Crippen molar-refractivity contribution in [2.45, 2.75) is 45.6 Å². The average molecular weight is 298 g/mol. The van der Waals surface area contributed by atoms with Crippen molar-refractivity contribution in [3.8, 4) is 0 Å². The van der Waals surface area contributed by atoms with Gasteiger partial charge in [0.15, 0.2) is 0 Å². The van der Waals surface area contributed by atoms with Crippen LogP contribution in [-0.4, -0.2) is 26.9 Å². The highest BCUT2D eigenvalue weighted by molar-refractivity contribution is 7.89. The van der Waals surface area contributed by atoms with Gasteiger partial charge in [0, 0.05) is 6.54 Å². The van der Waals surface area contributed by atoms with Crippen LogP contribution in [0.1, 0.15) is 30.5 Å². The Bertz CT molecular complexity index is 586. The molecule has 0 unspecified atom stereocenters. The van der Waals surface area contributed by atoms with Crippen LogP contribution in [0.5, 0.6) is 0 Å². The van der Waals surface area contributed by atoms with E-state index in [1.165, 1.54) is 6.92 Å². The molecule has 1 amide bonds. The van der Waals surface area contributed by atoms with Crippen LogP contribution in [0.25, 0.3) is 0 Å². The summed E-state index contributed by atoms with van der Waals surface area (Å²) in [6, 6.07) is 2.83. The third kappa shape index (κ3) is 3.80. The van der Waals surface area contributed by atoms with E-state index in [0.717, 1.165) is 5.56 Å². The van der Waals surface area contributed by atoms with Gasteiger partial charge >= 0.3 is 0 Å². The average Bonchev–Trinajstić information content (AvgIpc) is 2.26. The zero-order valence-electron chi connectivity index (χ0n) is 12.6. The molecule has 6 heteroatoms. The van der Waals surface area contributed by atoms with E-state index in [2.05, 4.69) is 10.0 Å². The molecule has 0 fully saturated rings. The van der Waals surface area contributed by atoms with Crippen LogP contribution in [0.3, 0.4) is 0 Å². The first kappa shape index (κ1) is 16.7. The number of hydrogen-bond acceptors (Lipinski definition) is 3. The van der Waals surface area contributed by atoms with Crippen molar-refractivity contribution in [1.29, 1.82) is 0 Å². The Labute approximate surface area is 120 Å². The molecule has 0 aliphatic carbocycles. The van der Waals surface area contributed by atoms with Crippen LogP contribution < -0.4 is 10.0 Å². The summed E-state index contributed by atoms with van der Waals surface area (Å²) in [4.78, 5) is 11.9. The Morgan fingerprint density at radius 2 is 1.70 bits per heavy atom. The summed E-state index contributed by atoms with van der Waals surface area (Å²) in [6.07, 6.45) is 0. The molecule has 112 valence electrons. The van der Waals surface area contributed by atoms with Crippen LogP contribution >= 0.6 is 0 Å². The lowest BCUT2D eigenvalue weighted by molar-refractivity contribution is -0.122. The number of rotatable bonds is 5. The lowest BCUT2D eigenvalue weighted by atomic mass is 10.1. The smallest absolute Gasteiger partial charge is 0.241 e. The minimum atomic E-state index is -3.71. The van der Waals surface area contributed by atoms with E-state index in [1.54, 1.807) is 20.8 Å². The summed E-state index contributed by atoms with van der Waals surface area (Å²) in [5, 5.41) is 2.59. The van der Waals surface area contributed by atoms with E-state index < -0.39 is 16.1 Å². The SMILES string of the molecule is CCNC(=O)[C@@H](C)NS(=O)(=O)c1c(C)cc(C)cc1C. The van der Waals surface area contributed by atoms with Gasteiger partial charge in [-0.2, -0.15) is 4.72 Å². The highest BCUT2D eigenvalue weighted by Crippen LogP contribution is 2.21. The summed E-state index contributed by atoms with van der Waals surface area (Å²) in [5.41, 5.74) is 2.37. The number of hydrogen-bond donors (Lipinski definition) is 2. The van der Waals surface area contributed by atoms with Gasteiger partial charge in [-0.3, -0.25) is 4.79 Å². The molecular weight excluding hydrogens is 276 g/mol. The van der Waals surface area contributed by atoms with E-state index in [0.29, 0.717) is 17.7 Å². The van der Waals surface area contributed by atoms with Crippen LogP contribution in [0.2, 0.25) is 0 Å². The zero-order valence-corrected chi connectivity index (χ0v) is 13.4. The fourth-order valence-corrected chi connectivity index (χ4v) is 3.92. The van der Waals surface area contributed by atoms with Gasteiger partial charge in [-0.05, 0) is 45.7 Å². The van der Waals surface area contributed by atoms with Crippen molar-refractivity contribution in [3.63, 3.8) is 0 Å². The third-order valence-electron chi connectivity index (χ3n) is 2.95. The number of benzene rings is 1. The first-order valence-corrected chi connectivity index (χ1v) is 8.05. The molecule has 0 heterocycles. The zero-order chi connectivity index (χ0) is 15.5. The van der Waals surface area contributed by atoms with Gasteiger partial charge in [-0.1, -0.05) is 17.7 Å². The van der Waals surface area contributed by atoms with Gasteiger partial charge in [0.05, 0.1) is 10.9 Å². The molecule has 1 aromatic carbocycles. The quantitative estimate of drug-likeness (QED) is 0.863. The predicted octanol–water partition coefficient (Wildman–Crippen LogP) is 1.41. The van der Waals surface area contributed by atoms with Crippen molar-refractivity contribution in [3.05, 3.63) is 28.8 Å². The Hall–Kier alpha value is -1.40. The van der Waals surface area contributed by atoms with Gasteiger partial charge in [0.25, 0.3) is 0 Å². The minimum Gasteiger partial charge on any atom is -0.355 e. The maximum atomic E-state index is 12.4. The van der Waals surface area contributed by atoms with Crippen molar-refractivity contribution in [1.82, 2.24) is 10.0 Å². The number of carbonyl (C=O) groups excluding carboxylic acids is 1. The van der Waals surface area contributed by atoms with Crippen LogP contribution in [-0.2, 0) is 14.8 Å². The molecule has 0 aliphatic rings. The Kier molecular flexibility index (Phi) is 5.30. The summed E-state index contributed by atoms with van der Waals surface area (Å²) < 4.78 is 27.2. The van der Waals surface area contributed by atoms with Crippen molar-refractivity contribution < 1.29 is 13.2 Å². The highest BCUT2D eigenvalue weighted by atomic mass is 32.2. The molecule has 1 aromatic rings. The van der Waals surface area contributed by atoms with E-state index in [9.17, 15) is 13.2 Å². The van der Waals surface area contributed by atoms with E-state index in [-0.39, 0.29) is 10.8 Å². The number of likely N-dealkylation sites (N-methyl/N-ethyl adjacent to an activating group) is 1. The van der Waals surface area contributed by atoms with E-state index in [1.807, 2.05) is 19.1 Å².